The van der Waals surface area contributed by atoms with Crippen LogP contribution in [0.4, 0.5) is 13.2 Å². The molecule has 0 aromatic heterocycles. The van der Waals surface area contributed by atoms with Crippen LogP contribution in [-0.2, 0) is 25.7 Å². The van der Waals surface area contributed by atoms with E-state index in [1.54, 1.807) is 0 Å². The minimum absolute atomic E-state index is 0.0399. The van der Waals surface area contributed by atoms with Crippen LogP contribution in [0.1, 0.15) is 31.7 Å². The molecule has 0 saturated carbocycles. The predicted molar refractivity (Wildman–Crippen MR) is 89.2 cm³/mol. The average molecular weight is 414 g/mol. The van der Waals surface area contributed by atoms with Crippen molar-refractivity contribution >= 4 is 27.6 Å². The van der Waals surface area contributed by atoms with Gasteiger partial charge in [-0.3, -0.25) is 4.79 Å². The topological polar surface area (TPSA) is 63.7 Å². The first-order chi connectivity index (χ1) is 12.1. The van der Waals surface area contributed by atoms with Crippen molar-refractivity contribution in [2.45, 2.75) is 37.3 Å². The summed E-state index contributed by atoms with van der Waals surface area (Å²) in [5.74, 6) is -0.765. The summed E-state index contributed by atoms with van der Waals surface area (Å²) in [6.45, 7) is 2.25. The smallest absolute Gasteiger partial charge is 0.417 e. The predicted octanol–water partition coefficient (Wildman–Crippen LogP) is 3.71. The van der Waals surface area contributed by atoms with Crippen molar-refractivity contribution < 1.29 is 31.1 Å². The summed E-state index contributed by atoms with van der Waals surface area (Å²) in [7, 11) is -4.11. The van der Waals surface area contributed by atoms with Crippen LogP contribution < -0.4 is 0 Å². The minimum Gasteiger partial charge on any atom is -0.465 e. The van der Waals surface area contributed by atoms with Crippen LogP contribution in [0.2, 0.25) is 5.02 Å². The van der Waals surface area contributed by atoms with Crippen LogP contribution >= 0.6 is 11.6 Å². The summed E-state index contributed by atoms with van der Waals surface area (Å²) in [5, 5.41) is -0.561. The van der Waals surface area contributed by atoms with E-state index in [2.05, 4.69) is 0 Å². The third-order valence-electron chi connectivity index (χ3n) is 4.12. The van der Waals surface area contributed by atoms with E-state index in [0.29, 0.717) is 19.1 Å². The van der Waals surface area contributed by atoms with Gasteiger partial charge in [0, 0.05) is 13.1 Å². The summed E-state index contributed by atoms with van der Waals surface area (Å²) in [6, 6.07) is 2.51. The third-order valence-corrected chi connectivity index (χ3v) is 6.34. The summed E-state index contributed by atoms with van der Waals surface area (Å²) in [5.41, 5.74) is -1.20. The number of rotatable bonds is 5. The van der Waals surface area contributed by atoms with Gasteiger partial charge in [0.2, 0.25) is 10.0 Å². The molecule has 1 aliphatic rings. The Morgan fingerprint density at radius 2 is 1.92 bits per heavy atom. The highest BCUT2D eigenvalue weighted by Gasteiger charge is 2.37. The molecule has 2 rings (SSSR count). The van der Waals surface area contributed by atoms with Crippen molar-refractivity contribution in [3.8, 4) is 0 Å². The second-order valence-corrected chi connectivity index (χ2v) is 8.33. The highest BCUT2D eigenvalue weighted by Crippen LogP contribution is 2.36. The SMILES string of the molecule is CCCOC(=O)C1CCN(S(=O)(=O)c2ccc(Cl)c(C(F)(F)F)c2)CC1. The van der Waals surface area contributed by atoms with Crippen molar-refractivity contribution in [2.75, 3.05) is 19.7 Å². The van der Waals surface area contributed by atoms with Gasteiger partial charge < -0.3 is 4.74 Å². The van der Waals surface area contributed by atoms with Gasteiger partial charge in [-0.05, 0) is 37.5 Å². The van der Waals surface area contributed by atoms with E-state index in [4.69, 9.17) is 16.3 Å². The number of nitrogens with zero attached hydrogens (tertiary/aromatic N) is 1. The van der Waals surface area contributed by atoms with Crippen LogP contribution in [0.3, 0.4) is 0 Å². The Morgan fingerprint density at radius 1 is 1.31 bits per heavy atom. The number of hydrogen-bond donors (Lipinski definition) is 0. The number of ether oxygens (including phenoxy) is 1. The van der Waals surface area contributed by atoms with Gasteiger partial charge in [-0.1, -0.05) is 18.5 Å². The molecule has 1 fully saturated rings. The fourth-order valence-corrected chi connectivity index (χ4v) is 4.40. The van der Waals surface area contributed by atoms with Crippen LogP contribution in [0, 0.1) is 5.92 Å². The molecule has 0 spiro atoms. The largest absolute Gasteiger partial charge is 0.465 e. The zero-order valence-corrected chi connectivity index (χ0v) is 15.6. The third kappa shape index (κ3) is 4.69. The summed E-state index contributed by atoms with van der Waals surface area (Å²) in [4.78, 5) is 11.4. The Morgan fingerprint density at radius 3 is 2.46 bits per heavy atom. The Balaban J connectivity index is 2.14. The first-order valence-corrected chi connectivity index (χ1v) is 9.92. The van der Waals surface area contributed by atoms with Crippen LogP contribution in [0.25, 0.3) is 0 Å². The van der Waals surface area contributed by atoms with E-state index in [1.807, 2.05) is 6.92 Å². The quantitative estimate of drug-likeness (QED) is 0.690. The van der Waals surface area contributed by atoms with Gasteiger partial charge in [0.25, 0.3) is 0 Å². The minimum atomic E-state index is -4.75. The molecule has 1 aromatic rings. The lowest BCUT2D eigenvalue weighted by atomic mass is 9.98. The number of carbonyl (C=O) groups is 1. The lowest BCUT2D eigenvalue weighted by Gasteiger charge is -2.30. The zero-order chi connectivity index (χ0) is 19.5. The standard InChI is InChI=1S/C16H19ClF3NO4S/c1-2-9-25-15(22)11-5-7-21(8-6-11)26(23,24)12-3-4-14(17)13(10-12)16(18,19)20/h3-4,10-11H,2,5-9H2,1H3. The van der Waals surface area contributed by atoms with E-state index >= 15 is 0 Å². The Hall–Kier alpha value is -1.32. The van der Waals surface area contributed by atoms with Gasteiger partial charge >= 0.3 is 12.1 Å². The van der Waals surface area contributed by atoms with Gasteiger partial charge in [-0.15, -0.1) is 0 Å². The normalized spacial score (nSPS) is 17.3. The molecule has 0 amide bonds. The monoisotopic (exact) mass is 413 g/mol. The maximum absolute atomic E-state index is 13.0. The maximum atomic E-state index is 13.0. The fourth-order valence-electron chi connectivity index (χ4n) is 2.68. The second-order valence-electron chi connectivity index (χ2n) is 5.99. The Bertz CT molecular complexity index is 759. The molecular weight excluding hydrogens is 395 g/mol. The van der Waals surface area contributed by atoms with Gasteiger partial charge in [0.1, 0.15) is 0 Å². The van der Waals surface area contributed by atoms with Gasteiger partial charge in [-0.25, -0.2) is 8.42 Å². The summed E-state index contributed by atoms with van der Waals surface area (Å²) in [6.07, 6.45) is -3.53. The average Bonchev–Trinajstić information content (AvgIpc) is 2.59. The second kappa shape index (κ2) is 8.14. The van der Waals surface area contributed by atoms with Crippen LogP contribution in [-0.4, -0.2) is 38.4 Å². The molecule has 0 radical (unpaired) electrons. The van der Waals surface area contributed by atoms with Crippen molar-refractivity contribution in [1.82, 2.24) is 4.31 Å². The number of esters is 1. The van der Waals surface area contributed by atoms with Crippen molar-refractivity contribution in [3.05, 3.63) is 28.8 Å². The number of halogens is 4. The zero-order valence-electron chi connectivity index (χ0n) is 14.1. The summed E-state index contributed by atoms with van der Waals surface area (Å²) >= 11 is 5.53. The molecule has 0 unspecified atom stereocenters. The van der Waals surface area contributed by atoms with Crippen molar-refractivity contribution in [3.63, 3.8) is 0 Å². The van der Waals surface area contributed by atoms with Gasteiger partial charge in [0.15, 0.2) is 0 Å². The van der Waals surface area contributed by atoms with E-state index in [-0.39, 0.29) is 31.9 Å². The Kier molecular flexibility index (Phi) is 6.57. The molecule has 0 bridgehead atoms. The number of benzene rings is 1. The highest BCUT2D eigenvalue weighted by atomic mass is 35.5. The van der Waals surface area contributed by atoms with E-state index in [0.717, 1.165) is 16.4 Å². The van der Waals surface area contributed by atoms with Crippen molar-refractivity contribution in [2.24, 2.45) is 5.92 Å². The highest BCUT2D eigenvalue weighted by molar-refractivity contribution is 7.89. The first-order valence-electron chi connectivity index (χ1n) is 8.11. The summed E-state index contributed by atoms with van der Waals surface area (Å²) < 4.78 is 70.3. The van der Waals surface area contributed by atoms with Crippen LogP contribution in [0.15, 0.2) is 23.1 Å². The molecule has 1 aromatic carbocycles. The van der Waals surface area contributed by atoms with E-state index < -0.39 is 37.6 Å². The van der Waals surface area contributed by atoms with E-state index in [9.17, 15) is 26.4 Å². The lowest BCUT2D eigenvalue weighted by Crippen LogP contribution is -2.40. The molecule has 146 valence electrons. The Labute approximate surface area is 155 Å². The number of carbonyl (C=O) groups excluding carboxylic acids is 1. The molecular formula is C16H19ClF3NO4S. The lowest BCUT2D eigenvalue weighted by molar-refractivity contribution is -0.149. The first kappa shape index (κ1) is 21.0. The van der Waals surface area contributed by atoms with Crippen LogP contribution in [0.5, 0.6) is 0 Å². The molecule has 1 saturated heterocycles. The molecule has 1 heterocycles. The number of alkyl halides is 3. The molecule has 10 heteroatoms. The molecule has 1 aliphatic heterocycles. The molecule has 0 N–H and O–H groups in total. The number of sulfonamides is 1. The fraction of sp³-hybridized carbons (Fsp3) is 0.562. The molecule has 26 heavy (non-hydrogen) atoms. The van der Waals surface area contributed by atoms with Gasteiger partial charge in [-0.2, -0.15) is 17.5 Å². The number of piperidine rings is 1. The molecule has 0 atom stereocenters. The van der Waals surface area contributed by atoms with Gasteiger partial charge in [0.05, 0.1) is 28.0 Å². The number of hydrogen-bond acceptors (Lipinski definition) is 4. The van der Waals surface area contributed by atoms with E-state index in [1.165, 1.54) is 0 Å². The van der Waals surface area contributed by atoms with Crippen molar-refractivity contribution in [1.29, 1.82) is 0 Å². The molecule has 0 aliphatic carbocycles. The maximum Gasteiger partial charge on any atom is 0.417 e. The molecule has 5 nitrogen and oxygen atoms in total.